The fourth-order valence-electron chi connectivity index (χ4n) is 1.84. The van der Waals surface area contributed by atoms with Gasteiger partial charge < -0.3 is 5.73 Å². The minimum absolute atomic E-state index is 0.614. The molecule has 3 aromatic rings. The SMILES string of the molecule is Nc1cn(-c2ccc(Cl)cc2)nc1-c1cccnc1. The smallest absolute Gasteiger partial charge is 0.117 e. The molecule has 5 heteroatoms. The first-order valence-electron chi connectivity index (χ1n) is 5.75. The summed E-state index contributed by atoms with van der Waals surface area (Å²) in [5.41, 5.74) is 9.15. The predicted octanol–water partition coefficient (Wildman–Crippen LogP) is 3.17. The summed E-state index contributed by atoms with van der Waals surface area (Å²) in [4.78, 5) is 4.07. The summed E-state index contributed by atoms with van der Waals surface area (Å²) in [5.74, 6) is 0. The Kier molecular flexibility index (Phi) is 2.93. The Labute approximate surface area is 115 Å². The van der Waals surface area contributed by atoms with Gasteiger partial charge in [-0.1, -0.05) is 11.6 Å². The molecule has 0 fully saturated rings. The van der Waals surface area contributed by atoms with Crippen molar-refractivity contribution in [3.8, 4) is 16.9 Å². The Hall–Kier alpha value is -2.33. The van der Waals surface area contributed by atoms with Crippen LogP contribution in [-0.2, 0) is 0 Å². The van der Waals surface area contributed by atoms with Crippen LogP contribution in [0.2, 0.25) is 5.02 Å². The maximum atomic E-state index is 6.00. The number of nitrogens with two attached hydrogens (primary N) is 1. The van der Waals surface area contributed by atoms with Gasteiger partial charge in [0.2, 0.25) is 0 Å². The van der Waals surface area contributed by atoms with Crippen LogP contribution in [0.5, 0.6) is 0 Å². The minimum atomic E-state index is 0.614. The lowest BCUT2D eigenvalue weighted by atomic mass is 10.2. The largest absolute Gasteiger partial charge is 0.396 e. The molecule has 0 unspecified atom stereocenters. The Bertz CT molecular complexity index is 689. The molecule has 1 aromatic carbocycles. The van der Waals surface area contributed by atoms with Crippen LogP contribution in [0.3, 0.4) is 0 Å². The quantitative estimate of drug-likeness (QED) is 0.778. The number of nitrogen functional groups attached to an aromatic ring is 1. The van der Waals surface area contributed by atoms with Gasteiger partial charge in [0, 0.05) is 23.0 Å². The zero-order valence-electron chi connectivity index (χ0n) is 9.99. The summed E-state index contributed by atoms with van der Waals surface area (Å²) in [6.07, 6.45) is 5.24. The Morgan fingerprint density at radius 1 is 1.11 bits per heavy atom. The van der Waals surface area contributed by atoms with Crippen molar-refractivity contribution in [2.45, 2.75) is 0 Å². The zero-order chi connectivity index (χ0) is 13.2. The van der Waals surface area contributed by atoms with E-state index < -0.39 is 0 Å². The van der Waals surface area contributed by atoms with Gasteiger partial charge in [0.25, 0.3) is 0 Å². The average Bonchev–Trinajstić information content (AvgIpc) is 2.83. The van der Waals surface area contributed by atoms with Crippen LogP contribution in [0.15, 0.2) is 55.0 Å². The molecule has 0 spiro atoms. The van der Waals surface area contributed by atoms with Gasteiger partial charge >= 0.3 is 0 Å². The fourth-order valence-corrected chi connectivity index (χ4v) is 1.97. The highest BCUT2D eigenvalue weighted by molar-refractivity contribution is 6.30. The van der Waals surface area contributed by atoms with Gasteiger partial charge in [0.1, 0.15) is 5.69 Å². The van der Waals surface area contributed by atoms with Gasteiger partial charge in [-0.3, -0.25) is 4.98 Å². The van der Waals surface area contributed by atoms with Crippen LogP contribution >= 0.6 is 11.6 Å². The highest BCUT2D eigenvalue weighted by Crippen LogP contribution is 2.24. The molecule has 19 heavy (non-hydrogen) atoms. The van der Waals surface area contributed by atoms with E-state index in [1.54, 1.807) is 23.3 Å². The van der Waals surface area contributed by atoms with E-state index in [4.69, 9.17) is 17.3 Å². The predicted molar refractivity (Wildman–Crippen MR) is 76.2 cm³/mol. The number of halogens is 1. The fraction of sp³-hybridized carbons (Fsp3) is 0. The number of rotatable bonds is 2. The van der Waals surface area contributed by atoms with Gasteiger partial charge in [-0.2, -0.15) is 5.10 Å². The van der Waals surface area contributed by atoms with Gasteiger partial charge in [-0.15, -0.1) is 0 Å². The second-order valence-corrected chi connectivity index (χ2v) is 4.53. The third-order valence-electron chi connectivity index (χ3n) is 2.77. The number of hydrogen-bond acceptors (Lipinski definition) is 3. The Balaban J connectivity index is 2.04. The van der Waals surface area contributed by atoms with E-state index >= 15 is 0 Å². The molecule has 2 heterocycles. The third-order valence-corrected chi connectivity index (χ3v) is 3.02. The standard InChI is InChI=1S/C14H11ClN4/c15-11-3-5-12(6-4-11)19-9-13(16)14(18-19)10-2-1-7-17-8-10/h1-9H,16H2. The first-order chi connectivity index (χ1) is 9.24. The maximum absolute atomic E-state index is 6.00. The van der Waals surface area contributed by atoms with Crippen molar-refractivity contribution in [2.24, 2.45) is 0 Å². The van der Waals surface area contributed by atoms with E-state index in [1.165, 1.54) is 0 Å². The molecule has 0 amide bonds. The van der Waals surface area contributed by atoms with Crippen molar-refractivity contribution in [3.05, 3.63) is 60.0 Å². The zero-order valence-corrected chi connectivity index (χ0v) is 10.7. The van der Waals surface area contributed by atoms with Crippen LogP contribution in [0.25, 0.3) is 16.9 Å². The van der Waals surface area contributed by atoms with Crippen LogP contribution in [0.4, 0.5) is 5.69 Å². The maximum Gasteiger partial charge on any atom is 0.117 e. The molecule has 0 radical (unpaired) electrons. The molecule has 0 bridgehead atoms. The molecule has 4 nitrogen and oxygen atoms in total. The normalized spacial score (nSPS) is 10.6. The number of nitrogens with zero attached hydrogens (tertiary/aromatic N) is 3. The van der Waals surface area contributed by atoms with Crippen LogP contribution in [-0.4, -0.2) is 14.8 Å². The molecule has 94 valence electrons. The summed E-state index contributed by atoms with van der Waals surface area (Å²) in [6.45, 7) is 0. The molecule has 0 aliphatic carbocycles. The molecule has 0 saturated heterocycles. The molecular formula is C14H11ClN4. The van der Waals surface area contributed by atoms with E-state index in [9.17, 15) is 0 Å². The van der Waals surface area contributed by atoms with E-state index in [0.29, 0.717) is 10.7 Å². The number of anilines is 1. The monoisotopic (exact) mass is 270 g/mol. The van der Waals surface area contributed by atoms with E-state index in [-0.39, 0.29) is 0 Å². The molecule has 0 aliphatic rings. The summed E-state index contributed by atoms with van der Waals surface area (Å²) in [7, 11) is 0. The molecule has 0 aliphatic heterocycles. The van der Waals surface area contributed by atoms with Gasteiger partial charge in [-0.05, 0) is 36.4 Å². The van der Waals surface area contributed by atoms with Crippen LogP contribution < -0.4 is 5.73 Å². The van der Waals surface area contributed by atoms with Crippen molar-refractivity contribution in [1.82, 2.24) is 14.8 Å². The average molecular weight is 271 g/mol. The highest BCUT2D eigenvalue weighted by Gasteiger charge is 2.09. The second-order valence-electron chi connectivity index (χ2n) is 4.10. The summed E-state index contributed by atoms with van der Waals surface area (Å²) in [6, 6.07) is 11.2. The minimum Gasteiger partial charge on any atom is -0.396 e. The first-order valence-corrected chi connectivity index (χ1v) is 6.13. The molecule has 2 aromatic heterocycles. The number of aromatic nitrogens is 3. The number of benzene rings is 1. The topological polar surface area (TPSA) is 56.7 Å². The van der Waals surface area contributed by atoms with E-state index in [2.05, 4.69) is 10.1 Å². The van der Waals surface area contributed by atoms with Crippen LogP contribution in [0, 0.1) is 0 Å². The van der Waals surface area contributed by atoms with Crippen molar-refractivity contribution >= 4 is 17.3 Å². The molecule has 3 rings (SSSR count). The Morgan fingerprint density at radius 2 is 1.89 bits per heavy atom. The van der Waals surface area contributed by atoms with E-state index in [0.717, 1.165) is 16.9 Å². The number of hydrogen-bond donors (Lipinski definition) is 1. The first kappa shape index (κ1) is 11.7. The summed E-state index contributed by atoms with van der Waals surface area (Å²) < 4.78 is 1.73. The lowest BCUT2D eigenvalue weighted by molar-refractivity contribution is 0.884. The highest BCUT2D eigenvalue weighted by atomic mass is 35.5. The summed E-state index contributed by atoms with van der Waals surface area (Å²) >= 11 is 5.87. The van der Waals surface area contributed by atoms with Gasteiger partial charge in [0.05, 0.1) is 17.6 Å². The number of pyridine rings is 1. The van der Waals surface area contributed by atoms with Crippen LogP contribution in [0.1, 0.15) is 0 Å². The van der Waals surface area contributed by atoms with Crippen molar-refractivity contribution in [1.29, 1.82) is 0 Å². The van der Waals surface area contributed by atoms with Gasteiger partial charge in [0.15, 0.2) is 0 Å². The molecule has 2 N–H and O–H groups in total. The van der Waals surface area contributed by atoms with Crippen molar-refractivity contribution in [2.75, 3.05) is 5.73 Å². The van der Waals surface area contributed by atoms with Crippen molar-refractivity contribution in [3.63, 3.8) is 0 Å². The lowest BCUT2D eigenvalue weighted by Crippen LogP contribution is -1.94. The lowest BCUT2D eigenvalue weighted by Gasteiger charge is -2.00. The van der Waals surface area contributed by atoms with Crippen molar-refractivity contribution < 1.29 is 0 Å². The van der Waals surface area contributed by atoms with E-state index in [1.807, 2.05) is 36.4 Å². The second kappa shape index (κ2) is 4.74. The molecule has 0 atom stereocenters. The summed E-state index contributed by atoms with van der Waals surface area (Å²) in [5, 5.41) is 5.18. The van der Waals surface area contributed by atoms with Gasteiger partial charge in [-0.25, -0.2) is 4.68 Å². The molecular weight excluding hydrogens is 260 g/mol. The Morgan fingerprint density at radius 3 is 2.58 bits per heavy atom. The molecule has 0 saturated carbocycles. The third kappa shape index (κ3) is 2.30.